The molecule has 0 unspecified atom stereocenters. The van der Waals surface area contributed by atoms with Gasteiger partial charge in [-0.25, -0.2) is 13.2 Å². The highest BCUT2D eigenvalue weighted by Gasteiger charge is 2.28. The first-order chi connectivity index (χ1) is 12.9. The van der Waals surface area contributed by atoms with Crippen LogP contribution < -0.4 is 4.90 Å². The Bertz CT molecular complexity index is 908. The average Bonchev–Trinajstić information content (AvgIpc) is 2.68. The molecule has 2 aromatic rings. The third-order valence-electron chi connectivity index (χ3n) is 4.58. The maximum absolute atomic E-state index is 12.8. The van der Waals surface area contributed by atoms with Crippen LogP contribution in [-0.4, -0.2) is 52.0 Å². The topological polar surface area (TPSA) is 66.9 Å². The maximum Gasteiger partial charge on any atom is 0.338 e. The van der Waals surface area contributed by atoms with Crippen LogP contribution in [0.25, 0.3) is 0 Å². The second-order valence-electron chi connectivity index (χ2n) is 6.27. The molecule has 27 heavy (non-hydrogen) atoms. The number of halogens is 1. The number of methoxy groups -OCH3 is 1. The Kier molecular flexibility index (Phi) is 6.04. The van der Waals surface area contributed by atoms with E-state index in [9.17, 15) is 13.2 Å². The van der Waals surface area contributed by atoms with Crippen molar-refractivity contribution < 1.29 is 17.9 Å². The van der Waals surface area contributed by atoms with Gasteiger partial charge in [-0.1, -0.05) is 29.8 Å². The SMILES string of the molecule is COC(=O)c1ccccc1CS(=O)(=O)N1CCN(c2ccc(Cl)cc2)CC1. The lowest BCUT2D eigenvalue weighted by atomic mass is 10.1. The summed E-state index contributed by atoms with van der Waals surface area (Å²) in [7, 11) is -2.25. The molecule has 0 bridgehead atoms. The monoisotopic (exact) mass is 408 g/mol. The van der Waals surface area contributed by atoms with Crippen LogP contribution in [0.15, 0.2) is 48.5 Å². The predicted octanol–water partition coefficient (Wildman–Crippen LogP) is 2.78. The van der Waals surface area contributed by atoms with Crippen LogP contribution in [0.1, 0.15) is 15.9 Å². The van der Waals surface area contributed by atoms with Crippen LogP contribution >= 0.6 is 11.6 Å². The Morgan fingerprint density at radius 2 is 1.67 bits per heavy atom. The average molecular weight is 409 g/mol. The number of carbonyl (C=O) groups excluding carboxylic acids is 1. The van der Waals surface area contributed by atoms with Gasteiger partial charge in [-0.05, 0) is 35.9 Å². The number of benzene rings is 2. The van der Waals surface area contributed by atoms with E-state index in [1.807, 2.05) is 24.3 Å². The summed E-state index contributed by atoms with van der Waals surface area (Å²) in [5, 5.41) is 0.671. The minimum atomic E-state index is -3.54. The molecule has 3 rings (SSSR count). The van der Waals surface area contributed by atoms with Gasteiger partial charge in [-0.15, -0.1) is 0 Å². The number of nitrogens with zero attached hydrogens (tertiary/aromatic N) is 2. The number of ether oxygens (including phenoxy) is 1. The lowest BCUT2D eigenvalue weighted by Crippen LogP contribution is -2.49. The van der Waals surface area contributed by atoms with Crippen LogP contribution in [0, 0.1) is 0 Å². The minimum absolute atomic E-state index is 0.223. The molecular weight excluding hydrogens is 388 g/mol. The van der Waals surface area contributed by atoms with Gasteiger partial charge in [0.15, 0.2) is 0 Å². The number of hydrogen-bond donors (Lipinski definition) is 0. The first kappa shape index (κ1) is 19.7. The second-order valence-corrected chi connectivity index (χ2v) is 8.67. The van der Waals surface area contributed by atoms with Gasteiger partial charge in [0.05, 0.1) is 18.4 Å². The van der Waals surface area contributed by atoms with Gasteiger partial charge >= 0.3 is 5.97 Å². The number of hydrogen-bond acceptors (Lipinski definition) is 5. The summed E-state index contributed by atoms with van der Waals surface area (Å²) in [6, 6.07) is 14.1. The van der Waals surface area contributed by atoms with Gasteiger partial charge in [0.2, 0.25) is 10.0 Å². The van der Waals surface area contributed by atoms with Crippen molar-refractivity contribution >= 4 is 33.3 Å². The molecule has 0 aromatic heterocycles. The molecule has 0 spiro atoms. The van der Waals surface area contributed by atoms with Crippen molar-refractivity contribution in [3.63, 3.8) is 0 Å². The number of anilines is 1. The number of carbonyl (C=O) groups is 1. The Hall–Kier alpha value is -2.09. The summed E-state index contributed by atoms with van der Waals surface area (Å²) in [5.74, 6) is -0.757. The maximum atomic E-state index is 12.8. The first-order valence-electron chi connectivity index (χ1n) is 8.55. The molecule has 0 amide bonds. The molecule has 1 heterocycles. The Labute approximate surface area is 164 Å². The van der Waals surface area contributed by atoms with E-state index in [0.717, 1.165) is 5.69 Å². The summed E-state index contributed by atoms with van der Waals surface area (Å²) in [5.41, 5.74) is 1.75. The molecule has 2 aromatic carbocycles. The van der Waals surface area contributed by atoms with E-state index in [4.69, 9.17) is 16.3 Å². The van der Waals surface area contributed by atoms with Crippen molar-refractivity contribution in [3.8, 4) is 0 Å². The Morgan fingerprint density at radius 1 is 1.04 bits per heavy atom. The second kappa shape index (κ2) is 8.29. The summed E-state index contributed by atoms with van der Waals surface area (Å²) in [6.07, 6.45) is 0. The Balaban J connectivity index is 1.69. The summed E-state index contributed by atoms with van der Waals surface area (Å²) < 4.78 is 31.9. The third kappa shape index (κ3) is 4.61. The largest absolute Gasteiger partial charge is 0.465 e. The number of sulfonamides is 1. The van der Waals surface area contributed by atoms with E-state index in [2.05, 4.69) is 4.90 Å². The van der Waals surface area contributed by atoms with Crippen LogP contribution in [0.3, 0.4) is 0 Å². The molecule has 1 aliphatic rings. The van der Waals surface area contributed by atoms with Crippen molar-refractivity contribution in [2.75, 3.05) is 38.2 Å². The highest BCUT2D eigenvalue weighted by Crippen LogP contribution is 2.22. The fraction of sp³-hybridized carbons (Fsp3) is 0.316. The Morgan fingerprint density at radius 3 is 2.30 bits per heavy atom. The van der Waals surface area contributed by atoms with Crippen molar-refractivity contribution in [2.45, 2.75) is 5.75 Å². The summed E-state index contributed by atoms with van der Waals surface area (Å²) in [6.45, 7) is 1.98. The smallest absolute Gasteiger partial charge is 0.338 e. The minimum Gasteiger partial charge on any atom is -0.465 e. The first-order valence-corrected chi connectivity index (χ1v) is 10.5. The van der Waals surface area contributed by atoms with Gasteiger partial charge in [0, 0.05) is 36.9 Å². The predicted molar refractivity (Wildman–Crippen MR) is 106 cm³/mol. The highest BCUT2D eigenvalue weighted by molar-refractivity contribution is 7.88. The quantitative estimate of drug-likeness (QED) is 0.711. The third-order valence-corrected chi connectivity index (χ3v) is 6.66. The van der Waals surface area contributed by atoms with E-state index < -0.39 is 16.0 Å². The molecule has 0 saturated carbocycles. The van der Waals surface area contributed by atoms with Gasteiger partial charge < -0.3 is 9.64 Å². The fourth-order valence-electron chi connectivity index (χ4n) is 3.12. The van der Waals surface area contributed by atoms with Crippen LogP contribution in [0.2, 0.25) is 5.02 Å². The van der Waals surface area contributed by atoms with Crippen molar-refractivity contribution in [1.29, 1.82) is 0 Å². The molecular formula is C19H21ClN2O4S. The molecule has 1 aliphatic heterocycles. The lowest BCUT2D eigenvalue weighted by molar-refractivity contribution is 0.0600. The van der Waals surface area contributed by atoms with Crippen molar-refractivity contribution in [2.24, 2.45) is 0 Å². The van der Waals surface area contributed by atoms with Gasteiger partial charge in [0.25, 0.3) is 0 Å². The molecule has 0 N–H and O–H groups in total. The number of esters is 1. The molecule has 0 radical (unpaired) electrons. The zero-order valence-corrected chi connectivity index (χ0v) is 16.5. The van der Waals surface area contributed by atoms with Crippen molar-refractivity contribution in [1.82, 2.24) is 4.31 Å². The molecule has 0 atom stereocenters. The van der Waals surface area contributed by atoms with E-state index in [0.29, 0.717) is 36.8 Å². The van der Waals surface area contributed by atoms with E-state index >= 15 is 0 Å². The lowest BCUT2D eigenvalue weighted by Gasteiger charge is -2.35. The van der Waals surface area contributed by atoms with Crippen LogP contribution in [-0.2, 0) is 20.5 Å². The molecule has 1 saturated heterocycles. The molecule has 8 heteroatoms. The number of piperazine rings is 1. The molecule has 1 fully saturated rings. The van der Waals surface area contributed by atoms with Gasteiger partial charge in [0.1, 0.15) is 0 Å². The zero-order valence-electron chi connectivity index (χ0n) is 15.0. The van der Waals surface area contributed by atoms with Gasteiger partial charge in [-0.3, -0.25) is 0 Å². The van der Waals surface area contributed by atoms with E-state index in [-0.39, 0.29) is 11.3 Å². The molecule has 6 nitrogen and oxygen atoms in total. The summed E-state index contributed by atoms with van der Waals surface area (Å²) in [4.78, 5) is 14.0. The normalized spacial score (nSPS) is 15.6. The van der Waals surface area contributed by atoms with E-state index in [1.54, 1.807) is 24.3 Å². The molecule has 144 valence electrons. The fourth-order valence-corrected chi connectivity index (χ4v) is 4.79. The van der Waals surface area contributed by atoms with Gasteiger partial charge in [-0.2, -0.15) is 4.31 Å². The zero-order chi connectivity index (χ0) is 19.4. The van der Waals surface area contributed by atoms with Crippen molar-refractivity contribution in [3.05, 3.63) is 64.7 Å². The number of rotatable bonds is 5. The molecule has 0 aliphatic carbocycles. The standard InChI is InChI=1S/C19H21ClN2O4S/c1-26-19(23)18-5-3-2-4-15(18)14-27(24,25)22-12-10-21(11-13-22)17-8-6-16(20)7-9-17/h2-9H,10-14H2,1H3. The highest BCUT2D eigenvalue weighted by atomic mass is 35.5. The van der Waals surface area contributed by atoms with E-state index in [1.165, 1.54) is 11.4 Å². The van der Waals surface area contributed by atoms with Crippen LogP contribution in [0.4, 0.5) is 5.69 Å². The van der Waals surface area contributed by atoms with Crippen LogP contribution in [0.5, 0.6) is 0 Å². The summed E-state index contributed by atoms with van der Waals surface area (Å²) >= 11 is 5.92.